The molecular formula is C14H25N3O2S. The van der Waals surface area contributed by atoms with E-state index in [-0.39, 0.29) is 16.5 Å². The molecule has 0 aromatic heterocycles. The van der Waals surface area contributed by atoms with Crippen molar-refractivity contribution in [2.45, 2.75) is 43.8 Å². The molecule has 1 heterocycles. The lowest BCUT2D eigenvalue weighted by Crippen LogP contribution is -2.52. The van der Waals surface area contributed by atoms with Gasteiger partial charge >= 0.3 is 0 Å². The third-order valence-electron chi connectivity index (χ3n) is 5.03. The number of rotatable bonds is 3. The molecule has 2 rings (SSSR count). The first-order valence-corrected chi connectivity index (χ1v) is 8.58. The summed E-state index contributed by atoms with van der Waals surface area (Å²) in [4.78, 5) is 14.5. The lowest BCUT2D eigenvalue weighted by molar-refractivity contribution is -0.137. The molecule has 2 atom stereocenters. The van der Waals surface area contributed by atoms with E-state index >= 15 is 0 Å². The van der Waals surface area contributed by atoms with E-state index in [1.807, 2.05) is 11.2 Å². The van der Waals surface area contributed by atoms with Crippen LogP contribution in [0.5, 0.6) is 0 Å². The Kier molecular flexibility index (Phi) is 4.83. The number of hydrogen-bond donors (Lipinski definition) is 2. The molecule has 1 saturated heterocycles. The van der Waals surface area contributed by atoms with Gasteiger partial charge in [0, 0.05) is 19.0 Å². The predicted molar refractivity (Wildman–Crippen MR) is 82.0 cm³/mol. The average molecular weight is 299 g/mol. The van der Waals surface area contributed by atoms with Gasteiger partial charge in [-0.15, -0.1) is 0 Å². The molecule has 1 aliphatic heterocycles. The summed E-state index contributed by atoms with van der Waals surface area (Å²) in [6.07, 6.45) is 6.88. The number of carbonyl (C=O) groups is 1. The van der Waals surface area contributed by atoms with Crippen LogP contribution in [0.2, 0.25) is 0 Å². The third kappa shape index (κ3) is 2.75. The molecule has 2 unspecified atom stereocenters. The summed E-state index contributed by atoms with van der Waals surface area (Å²) >= 11 is 1.62. The van der Waals surface area contributed by atoms with Crippen molar-refractivity contribution in [3.8, 4) is 0 Å². The molecule has 0 spiro atoms. The van der Waals surface area contributed by atoms with E-state index in [1.165, 1.54) is 12.8 Å². The van der Waals surface area contributed by atoms with E-state index in [1.54, 1.807) is 11.8 Å². The number of amidine groups is 1. The maximum Gasteiger partial charge on any atom is 0.225 e. The first-order valence-electron chi connectivity index (χ1n) is 7.36. The number of nitrogens with two attached hydrogens (primary N) is 1. The topological polar surface area (TPSA) is 78.9 Å². The van der Waals surface area contributed by atoms with E-state index in [9.17, 15) is 4.79 Å². The van der Waals surface area contributed by atoms with E-state index in [4.69, 9.17) is 10.9 Å². The molecule has 0 radical (unpaired) electrons. The first-order chi connectivity index (χ1) is 9.54. The van der Waals surface area contributed by atoms with Gasteiger partial charge in [0.15, 0.2) is 5.84 Å². The molecular weight excluding hydrogens is 274 g/mol. The Morgan fingerprint density at radius 2 is 2.05 bits per heavy atom. The van der Waals surface area contributed by atoms with Gasteiger partial charge in [-0.2, -0.15) is 11.8 Å². The van der Waals surface area contributed by atoms with Gasteiger partial charge in [-0.05, 0) is 37.9 Å². The molecule has 3 N–H and O–H groups in total. The molecule has 1 saturated carbocycles. The van der Waals surface area contributed by atoms with Crippen molar-refractivity contribution in [3.05, 3.63) is 0 Å². The number of hydrogen-bond acceptors (Lipinski definition) is 4. The summed E-state index contributed by atoms with van der Waals surface area (Å²) < 4.78 is -0.313. The van der Waals surface area contributed by atoms with Gasteiger partial charge in [-0.1, -0.05) is 18.5 Å². The minimum atomic E-state index is -0.313. The maximum absolute atomic E-state index is 12.6. The van der Waals surface area contributed by atoms with Crippen LogP contribution in [0.3, 0.4) is 0 Å². The molecule has 6 heteroatoms. The molecule has 1 amide bonds. The SMILES string of the molecule is CSC1(C(N)=NO)CCN(C(=O)C2CCCC2C)CC1. The quantitative estimate of drug-likeness (QED) is 0.361. The zero-order valence-electron chi connectivity index (χ0n) is 12.3. The Bertz CT molecular complexity index is 392. The molecule has 2 fully saturated rings. The zero-order chi connectivity index (χ0) is 14.8. The fourth-order valence-corrected chi connectivity index (χ4v) is 4.33. The predicted octanol–water partition coefficient (Wildman–Crippen LogP) is 1.89. The van der Waals surface area contributed by atoms with Crippen LogP contribution in [0.15, 0.2) is 5.16 Å². The van der Waals surface area contributed by atoms with Gasteiger partial charge < -0.3 is 15.8 Å². The van der Waals surface area contributed by atoms with Crippen molar-refractivity contribution in [2.24, 2.45) is 22.7 Å². The van der Waals surface area contributed by atoms with E-state index < -0.39 is 0 Å². The summed E-state index contributed by atoms with van der Waals surface area (Å²) in [7, 11) is 0. The summed E-state index contributed by atoms with van der Waals surface area (Å²) in [5.41, 5.74) is 5.83. The van der Waals surface area contributed by atoms with Crippen LogP contribution in [-0.2, 0) is 4.79 Å². The Morgan fingerprint density at radius 3 is 2.50 bits per heavy atom. The smallest absolute Gasteiger partial charge is 0.225 e. The van der Waals surface area contributed by atoms with Gasteiger partial charge in [0.25, 0.3) is 0 Å². The van der Waals surface area contributed by atoms with Crippen LogP contribution in [0, 0.1) is 11.8 Å². The van der Waals surface area contributed by atoms with Crippen molar-refractivity contribution in [1.82, 2.24) is 4.90 Å². The number of likely N-dealkylation sites (tertiary alicyclic amines) is 1. The normalized spacial score (nSPS) is 30.5. The van der Waals surface area contributed by atoms with E-state index in [2.05, 4.69) is 12.1 Å². The van der Waals surface area contributed by atoms with Crippen molar-refractivity contribution in [1.29, 1.82) is 0 Å². The highest BCUT2D eigenvalue weighted by Crippen LogP contribution is 2.37. The Balaban J connectivity index is 1.98. The standard InChI is InChI=1S/C14H25N3O2S/c1-10-4-3-5-11(10)12(18)17-8-6-14(20-2,7-9-17)13(15)16-19/h10-11,19H,3-9H2,1-2H3,(H2,15,16). The molecule has 0 bridgehead atoms. The van der Waals surface area contributed by atoms with E-state index in [0.29, 0.717) is 24.9 Å². The van der Waals surface area contributed by atoms with Crippen LogP contribution >= 0.6 is 11.8 Å². The van der Waals surface area contributed by atoms with Crippen molar-refractivity contribution >= 4 is 23.5 Å². The van der Waals surface area contributed by atoms with Gasteiger partial charge in [-0.3, -0.25) is 4.79 Å². The third-order valence-corrected chi connectivity index (χ3v) is 6.43. The first kappa shape index (κ1) is 15.5. The summed E-state index contributed by atoms with van der Waals surface area (Å²) in [5, 5.41) is 12.1. The molecule has 0 aromatic rings. The summed E-state index contributed by atoms with van der Waals surface area (Å²) in [6.45, 7) is 3.60. The lowest BCUT2D eigenvalue weighted by Gasteiger charge is -2.40. The van der Waals surface area contributed by atoms with Crippen LogP contribution in [0.25, 0.3) is 0 Å². The van der Waals surface area contributed by atoms with Crippen LogP contribution < -0.4 is 5.73 Å². The number of thioether (sulfide) groups is 1. The number of nitrogens with zero attached hydrogens (tertiary/aromatic N) is 2. The zero-order valence-corrected chi connectivity index (χ0v) is 13.2. The minimum absolute atomic E-state index is 0.209. The Labute approximate surface area is 124 Å². The largest absolute Gasteiger partial charge is 0.409 e. The van der Waals surface area contributed by atoms with Gasteiger partial charge in [0.1, 0.15) is 0 Å². The van der Waals surface area contributed by atoms with Crippen LogP contribution in [-0.4, -0.2) is 45.9 Å². The molecule has 114 valence electrons. The number of oxime groups is 1. The van der Waals surface area contributed by atoms with Crippen LogP contribution in [0.4, 0.5) is 0 Å². The second kappa shape index (κ2) is 6.24. The molecule has 2 aliphatic rings. The summed E-state index contributed by atoms with van der Waals surface area (Å²) in [5.74, 6) is 1.31. The highest BCUT2D eigenvalue weighted by atomic mass is 32.2. The number of piperidine rings is 1. The van der Waals surface area contributed by atoms with Crippen molar-refractivity contribution < 1.29 is 10.0 Å². The van der Waals surface area contributed by atoms with E-state index in [0.717, 1.165) is 19.3 Å². The highest BCUT2D eigenvalue weighted by Gasteiger charge is 2.41. The average Bonchev–Trinajstić information content (AvgIpc) is 2.91. The Morgan fingerprint density at radius 1 is 1.40 bits per heavy atom. The monoisotopic (exact) mass is 299 g/mol. The Hall–Kier alpha value is -0.910. The van der Waals surface area contributed by atoms with Gasteiger partial charge in [0.2, 0.25) is 5.91 Å². The fourth-order valence-electron chi connectivity index (χ4n) is 3.49. The van der Waals surface area contributed by atoms with Crippen molar-refractivity contribution in [2.75, 3.05) is 19.3 Å². The lowest BCUT2D eigenvalue weighted by atomic mass is 9.91. The second-order valence-corrected chi connectivity index (χ2v) is 7.21. The number of carbonyl (C=O) groups excluding carboxylic acids is 1. The minimum Gasteiger partial charge on any atom is -0.409 e. The van der Waals surface area contributed by atoms with Gasteiger partial charge in [-0.25, -0.2) is 0 Å². The van der Waals surface area contributed by atoms with Crippen molar-refractivity contribution in [3.63, 3.8) is 0 Å². The molecule has 5 nitrogen and oxygen atoms in total. The molecule has 20 heavy (non-hydrogen) atoms. The maximum atomic E-state index is 12.6. The van der Waals surface area contributed by atoms with Gasteiger partial charge in [0.05, 0.1) is 4.75 Å². The molecule has 1 aliphatic carbocycles. The second-order valence-electron chi connectivity index (χ2n) is 6.02. The summed E-state index contributed by atoms with van der Waals surface area (Å²) in [6, 6.07) is 0. The number of amides is 1. The highest BCUT2D eigenvalue weighted by molar-refractivity contribution is 8.00. The fraction of sp³-hybridized carbons (Fsp3) is 0.857. The molecule has 0 aromatic carbocycles. The van der Waals surface area contributed by atoms with Crippen LogP contribution in [0.1, 0.15) is 39.0 Å².